The van der Waals surface area contributed by atoms with Crippen LogP contribution in [0.3, 0.4) is 0 Å². The number of carbonyl (C=O) groups is 2. The molecule has 0 aliphatic heterocycles. The molecule has 0 saturated carbocycles. The van der Waals surface area contributed by atoms with Crippen LogP contribution in [0.2, 0.25) is 10.0 Å². The van der Waals surface area contributed by atoms with Gasteiger partial charge in [-0.3, -0.25) is 14.2 Å². The number of amides is 1. The Morgan fingerprint density at radius 3 is 2.72 bits per heavy atom. The highest BCUT2D eigenvalue weighted by atomic mass is 35.5. The predicted octanol–water partition coefficient (Wildman–Crippen LogP) is 4.28. The number of rotatable bonds is 5. The number of thiophene rings is 1. The second-order valence-electron chi connectivity index (χ2n) is 6.54. The number of nitrogens with one attached hydrogen (secondary N) is 1. The summed E-state index contributed by atoms with van der Waals surface area (Å²) >= 11 is 13.1. The first-order chi connectivity index (χ1) is 13.7. The molecule has 2 aromatic heterocycles. The van der Waals surface area contributed by atoms with E-state index < -0.39 is 17.4 Å². The number of anilines is 1. The maximum atomic E-state index is 12.9. The van der Waals surface area contributed by atoms with Crippen molar-refractivity contribution in [2.75, 3.05) is 5.32 Å². The largest absolute Gasteiger partial charge is 0.459 e. The van der Waals surface area contributed by atoms with Gasteiger partial charge in [0.25, 0.3) is 5.56 Å². The zero-order valence-electron chi connectivity index (χ0n) is 15.8. The Hall–Kier alpha value is -2.42. The third-order valence-electron chi connectivity index (χ3n) is 3.96. The summed E-state index contributed by atoms with van der Waals surface area (Å²) in [4.78, 5) is 42.5. The van der Waals surface area contributed by atoms with Crippen LogP contribution in [0.4, 0.5) is 5.69 Å². The minimum Gasteiger partial charge on any atom is -0.459 e. The molecular formula is C19H17Cl2N3O4S. The summed E-state index contributed by atoms with van der Waals surface area (Å²) in [6.07, 6.45) is 0.996. The molecule has 0 radical (unpaired) electrons. The Kier molecular flexibility index (Phi) is 6.26. The minimum atomic E-state index is -0.500. The van der Waals surface area contributed by atoms with Gasteiger partial charge in [-0.05, 0) is 44.5 Å². The first-order valence-corrected chi connectivity index (χ1v) is 10.2. The van der Waals surface area contributed by atoms with Gasteiger partial charge in [0.15, 0.2) is 0 Å². The molecule has 0 atom stereocenters. The van der Waals surface area contributed by atoms with Crippen LogP contribution in [0.1, 0.15) is 29.1 Å². The second-order valence-corrected chi connectivity index (χ2v) is 8.38. The summed E-state index contributed by atoms with van der Waals surface area (Å²) in [6.45, 7) is 4.88. The number of ether oxygens (including phenoxy) is 1. The second kappa shape index (κ2) is 8.52. The van der Waals surface area contributed by atoms with E-state index in [-0.39, 0.29) is 12.6 Å². The van der Waals surface area contributed by atoms with Gasteiger partial charge in [0.05, 0.1) is 28.5 Å². The average Bonchev–Trinajstić information content (AvgIpc) is 2.97. The van der Waals surface area contributed by atoms with Crippen molar-refractivity contribution in [3.8, 4) is 0 Å². The molecule has 2 heterocycles. The molecule has 7 nitrogen and oxygen atoms in total. The van der Waals surface area contributed by atoms with Crippen LogP contribution in [-0.4, -0.2) is 27.5 Å². The normalized spacial score (nSPS) is 11.1. The van der Waals surface area contributed by atoms with Crippen LogP contribution in [0.25, 0.3) is 10.2 Å². The van der Waals surface area contributed by atoms with E-state index in [4.69, 9.17) is 27.9 Å². The average molecular weight is 454 g/mol. The summed E-state index contributed by atoms with van der Waals surface area (Å²) in [5.41, 5.74) is 0.414. The molecule has 0 unspecified atom stereocenters. The lowest BCUT2D eigenvalue weighted by atomic mass is 10.2. The molecule has 10 heteroatoms. The summed E-state index contributed by atoms with van der Waals surface area (Å²) in [7, 11) is 0. The van der Waals surface area contributed by atoms with E-state index in [0.717, 1.165) is 11.3 Å². The van der Waals surface area contributed by atoms with Crippen molar-refractivity contribution >= 4 is 62.3 Å². The Labute approximate surface area is 180 Å². The monoisotopic (exact) mass is 453 g/mol. The summed E-state index contributed by atoms with van der Waals surface area (Å²) in [6, 6.07) is 4.68. The fourth-order valence-electron chi connectivity index (χ4n) is 2.67. The van der Waals surface area contributed by atoms with Crippen molar-refractivity contribution in [3.05, 3.63) is 55.4 Å². The van der Waals surface area contributed by atoms with E-state index in [2.05, 4.69) is 10.3 Å². The van der Waals surface area contributed by atoms with E-state index in [1.54, 1.807) is 32.9 Å². The number of benzene rings is 1. The van der Waals surface area contributed by atoms with Crippen LogP contribution in [0.5, 0.6) is 0 Å². The lowest BCUT2D eigenvalue weighted by Gasteiger charge is -2.09. The van der Waals surface area contributed by atoms with Gasteiger partial charge >= 0.3 is 5.97 Å². The Balaban J connectivity index is 1.89. The van der Waals surface area contributed by atoms with Crippen LogP contribution in [-0.2, 0) is 16.1 Å². The van der Waals surface area contributed by atoms with Crippen molar-refractivity contribution in [1.29, 1.82) is 0 Å². The van der Waals surface area contributed by atoms with E-state index in [0.29, 0.717) is 36.4 Å². The molecule has 1 aromatic carbocycles. The molecule has 3 rings (SSSR count). The van der Waals surface area contributed by atoms with Gasteiger partial charge in [0.2, 0.25) is 5.91 Å². The summed E-state index contributed by atoms with van der Waals surface area (Å²) in [5, 5.41) is 3.65. The predicted molar refractivity (Wildman–Crippen MR) is 114 cm³/mol. The van der Waals surface area contributed by atoms with Crippen LogP contribution < -0.4 is 10.9 Å². The van der Waals surface area contributed by atoms with Gasteiger partial charge in [-0.2, -0.15) is 0 Å². The van der Waals surface area contributed by atoms with E-state index in [1.165, 1.54) is 17.0 Å². The van der Waals surface area contributed by atoms with Gasteiger partial charge < -0.3 is 10.1 Å². The number of fused-ring (bicyclic) bond motifs is 1. The molecule has 1 N–H and O–H groups in total. The Bertz CT molecular complexity index is 1170. The highest BCUT2D eigenvalue weighted by Gasteiger charge is 2.21. The molecule has 0 aliphatic rings. The van der Waals surface area contributed by atoms with Crippen LogP contribution >= 0.6 is 34.5 Å². The number of halogens is 2. The van der Waals surface area contributed by atoms with Crippen molar-refractivity contribution in [3.63, 3.8) is 0 Å². The third-order valence-corrected chi connectivity index (χ3v) is 5.71. The van der Waals surface area contributed by atoms with Gasteiger partial charge in [-0.1, -0.05) is 23.2 Å². The van der Waals surface area contributed by atoms with Crippen LogP contribution in [0.15, 0.2) is 29.3 Å². The Morgan fingerprint density at radius 2 is 2.03 bits per heavy atom. The first kappa shape index (κ1) is 21.3. The van der Waals surface area contributed by atoms with Crippen molar-refractivity contribution in [1.82, 2.24) is 9.55 Å². The maximum absolute atomic E-state index is 12.9. The SMILES string of the molecule is Cc1c(C(=O)OC(C)C)sc2ncn(CC(=O)Nc3cc(Cl)ccc3Cl)c(=O)c12. The topological polar surface area (TPSA) is 90.3 Å². The lowest BCUT2D eigenvalue weighted by Crippen LogP contribution is -2.28. The molecule has 0 fully saturated rings. The Morgan fingerprint density at radius 1 is 1.31 bits per heavy atom. The van der Waals surface area contributed by atoms with Crippen molar-refractivity contribution in [2.24, 2.45) is 0 Å². The number of aromatic nitrogens is 2. The molecule has 0 bridgehead atoms. The molecule has 152 valence electrons. The van der Waals surface area contributed by atoms with Gasteiger partial charge in [-0.25, -0.2) is 9.78 Å². The minimum absolute atomic E-state index is 0.272. The van der Waals surface area contributed by atoms with Crippen molar-refractivity contribution in [2.45, 2.75) is 33.4 Å². The molecule has 0 aliphatic carbocycles. The third kappa shape index (κ3) is 4.60. The first-order valence-electron chi connectivity index (χ1n) is 8.61. The molecule has 1 amide bonds. The summed E-state index contributed by atoms with van der Waals surface area (Å²) in [5.74, 6) is -0.968. The number of aryl methyl sites for hydroxylation is 1. The fourth-order valence-corrected chi connectivity index (χ4v) is 4.03. The van der Waals surface area contributed by atoms with Crippen LogP contribution in [0, 0.1) is 6.92 Å². The van der Waals surface area contributed by atoms with Gasteiger partial charge in [0, 0.05) is 5.02 Å². The molecule has 29 heavy (non-hydrogen) atoms. The smallest absolute Gasteiger partial charge is 0.348 e. The van der Waals surface area contributed by atoms with E-state index in [1.807, 2.05) is 0 Å². The number of carbonyl (C=O) groups excluding carboxylic acids is 2. The zero-order valence-corrected chi connectivity index (χ0v) is 18.1. The van der Waals surface area contributed by atoms with Crippen molar-refractivity contribution < 1.29 is 14.3 Å². The van der Waals surface area contributed by atoms with E-state index >= 15 is 0 Å². The molecule has 3 aromatic rings. The standard InChI is InChI=1S/C19H17Cl2N3O4S/c1-9(2)28-19(27)16-10(3)15-17(29-16)22-8-24(18(15)26)7-14(25)23-13-6-11(20)4-5-12(13)21/h4-6,8-9H,7H2,1-3H3,(H,23,25). The molecule has 0 saturated heterocycles. The summed E-state index contributed by atoms with van der Waals surface area (Å²) < 4.78 is 6.39. The highest BCUT2D eigenvalue weighted by molar-refractivity contribution is 7.20. The van der Waals surface area contributed by atoms with E-state index in [9.17, 15) is 14.4 Å². The number of hydrogen-bond donors (Lipinski definition) is 1. The molecular weight excluding hydrogens is 437 g/mol. The quantitative estimate of drug-likeness (QED) is 0.582. The lowest BCUT2D eigenvalue weighted by molar-refractivity contribution is -0.116. The number of nitrogens with zero attached hydrogens (tertiary/aromatic N) is 2. The highest BCUT2D eigenvalue weighted by Crippen LogP contribution is 2.28. The zero-order chi connectivity index (χ0) is 21.3. The van der Waals surface area contributed by atoms with Gasteiger partial charge in [-0.15, -0.1) is 11.3 Å². The fraction of sp³-hybridized carbons (Fsp3) is 0.263. The number of esters is 1. The van der Waals surface area contributed by atoms with Gasteiger partial charge in [0.1, 0.15) is 16.3 Å². The maximum Gasteiger partial charge on any atom is 0.348 e. The number of hydrogen-bond acceptors (Lipinski definition) is 6. The molecule has 0 spiro atoms.